The minimum absolute atomic E-state index is 0.0573. The summed E-state index contributed by atoms with van der Waals surface area (Å²) in [7, 11) is 0. The molecule has 19 heavy (non-hydrogen) atoms. The van der Waals surface area contributed by atoms with Gasteiger partial charge in [-0.25, -0.2) is 4.98 Å². The molecule has 0 saturated heterocycles. The van der Waals surface area contributed by atoms with Crippen molar-refractivity contribution in [1.82, 2.24) is 10.3 Å². The van der Waals surface area contributed by atoms with Gasteiger partial charge in [-0.2, -0.15) is 0 Å². The molecule has 2 rings (SSSR count). The number of hydrogen-bond acceptors (Lipinski definition) is 2. The summed E-state index contributed by atoms with van der Waals surface area (Å²) < 4.78 is 0. The van der Waals surface area contributed by atoms with Gasteiger partial charge in [0, 0.05) is 17.8 Å². The van der Waals surface area contributed by atoms with E-state index < -0.39 is 0 Å². The average Bonchev–Trinajstić information content (AvgIpc) is 2.39. The quantitative estimate of drug-likeness (QED) is 0.871. The molecule has 1 N–H and O–H groups in total. The Morgan fingerprint density at radius 1 is 1.32 bits per heavy atom. The third-order valence-electron chi connectivity index (χ3n) is 2.75. The lowest BCUT2D eigenvalue weighted by molar-refractivity contribution is 0.0940. The normalized spacial score (nSPS) is 11.9. The molecule has 0 aliphatic heterocycles. The summed E-state index contributed by atoms with van der Waals surface area (Å²) >= 11 is 5.76. The number of nitrogens with zero attached hydrogens (tertiary/aromatic N) is 1. The van der Waals surface area contributed by atoms with E-state index in [0.29, 0.717) is 10.7 Å². The topological polar surface area (TPSA) is 42.0 Å². The van der Waals surface area contributed by atoms with Crippen LogP contribution in [0.5, 0.6) is 0 Å². The first-order valence-electron chi connectivity index (χ1n) is 6.11. The fraction of sp³-hybridized carbons (Fsp3) is 0.200. The maximum absolute atomic E-state index is 12.0. The molecular weight excluding hydrogens is 260 g/mol. The third-order valence-corrected chi connectivity index (χ3v) is 2.96. The van der Waals surface area contributed by atoms with Gasteiger partial charge in [0.15, 0.2) is 0 Å². The highest BCUT2D eigenvalue weighted by molar-refractivity contribution is 6.29. The molecule has 0 aliphatic carbocycles. The van der Waals surface area contributed by atoms with Crippen molar-refractivity contribution in [3.05, 3.63) is 64.9 Å². The molecule has 0 radical (unpaired) electrons. The second kappa shape index (κ2) is 6.34. The monoisotopic (exact) mass is 274 g/mol. The zero-order valence-electron chi connectivity index (χ0n) is 10.6. The Bertz CT molecular complexity index is 557. The first-order chi connectivity index (χ1) is 9.15. The molecule has 0 bridgehead atoms. The Kier molecular flexibility index (Phi) is 4.53. The first kappa shape index (κ1) is 13.6. The molecule has 1 heterocycles. The van der Waals surface area contributed by atoms with E-state index in [-0.39, 0.29) is 11.9 Å². The van der Waals surface area contributed by atoms with Gasteiger partial charge >= 0.3 is 0 Å². The number of hydrogen-bond donors (Lipinski definition) is 1. The molecule has 0 spiro atoms. The van der Waals surface area contributed by atoms with Crippen LogP contribution in [0.2, 0.25) is 5.15 Å². The Morgan fingerprint density at radius 3 is 2.74 bits per heavy atom. The summed E-state index contributed by atoms with van der Waals surface area (Å²) in [6.07, 6.45) is 2.32. The first-order valence-corrected chi connectivity index (χ1v) is 6.49. The molecule has 0 unspecified atom stereocenters. The Morgan fingerprint density at radius 2 is 2.05 bits per heavy atom. The van der Waals surface area contributed by atoms with Gasteiger partial charge in [0.1, 0.15) is 5.15 Å². The van der Waals surface area contributed by atoms with Gasteiger partial charge in [0.25, 0.3) is 5.91 Å². The minimum atomic E-state index is -0.132. The predicted octanol–water partition coefficient (Wildman–Crippen LogP) is 3.10. The molecule has 3 nitrogen and oxygen atoms in total. The third kappa shape index (κ3) is 4.07. The van der Waals surface area contributed by atoms with E-state index in [0.717, 1.165) is 6.42 Å². The van der Waals surface area contributed by atoms with Gasteiger partial charge in [-0.05, 0) is 31.0 Å². The molecule has 0 aliphatic rings. The average molecular weight is 275 g/mol. The smallest absolute Gasteiger partial charge is 0.251 e. The molecule has 1 atom stereocenters. The van der Waals surface area contributed by atoms with E-state index in [9.17, 15) is 4.79 Å². The van der Waals surface area contributed by atoms with Crippen LogP contribution in [0.25, 0.3) is 0 Å². The SMILES string of the molecule is C[C@@H](Cc1ccccc1)NC(=O)c1ccnc(Cl)c1. The summed E-state index contributed by atoms with van der Waals surface area (Å²) in [6, 6.07) is 13.3. The Hall–Kier alpha value is -1.87. The Balaban J connectivity index is 1.95. The number of carbonyl (C=O) groups excluding carboxylic acids is 1. The second-order valence-corrected chi connectivity index (χ2v) is 4.82. The fourth-order valence-corrected chi connectivity index (χ4v) is 2.04. The predicted molar refractivity (Wildman–Crippen MR) is 76.3 cm³/mol. The maximum atomic E-state index is 12.0. The number of amides is 1. The van der Waals surface area contributed by atoms with E-state index in [1.54, 1.807) is 12.1 Å². The van der Waals surface area contributed by atoms with Crippen molar-refractivity contribution >= 4 is 17.5 Å². The highest BCUT2D eigenvalue weighted by Gasteiger charge is 2.10. The number of carbonyl (C=O) groups is 1. The van der Waals surface area contributed by atoms with Crippen molar-refractivity contribution in [2.45, 2.75) is 19.4 Å². The van der Waals surface area contributed by atoms with Crippen LogP contribution in [-0.2, 0) is 6.42 Å². The standard InChI is InChI=1S/C15H15ClN2O/c1-11(9-12-5-3-2-4-6-12)18-15(19)13-7-8-17-14(16)10-13/h2-8,10-11H,9H2,1H3,(H,18,19)/t11-/m0/s1. The Labute approximate surface area is 117 Å². The number of benzene rings is 1. The van der Waals surface area contributed by atoms with Crippen molar-refractivity contribution in [1.29, 1.82) is 0 Å². The largest absolute Gasteiger partial charge is 0.349 e. The summed E-state index contributed by atoms with van der Waals surface area (Å²) in [5.74, 6) is -0.132. The van der Waals surface area contributed by atoms with Crippen molar-refractivity contribution < 1.29 is 4.79 Å². The number of rotatable bonds is 4. The fourth-order valence-electron chi connectivity index (χ4n) is 1.87. The van der Waals surface area contributed by atoms with Crippen LogP contribution in [-0.4, -0.2) is 16.9 Å². The van der Waals surface area contributed by atoms with Crippen LogP contribution >= 0.6 is 11.6 Å². The van der Waals surface area contributed by atoms with Gasteiger partial charge in [-0.1, -0.05) is 41.9 Å². The lowest BCUT2D eigenvalue weighted by Gasteiger charge is -2.14. The summed E-state index contributed by atoms with van der Waals surface area (Å²) in [4.78, 5) is 15.9. The van der Waals surface area contributed by atoms with E-state index in [2.05, 4.69) is 10.3 Å². The molecule has 1 aromatic heterocycles. The van der Waals surface area contributed by atoms with Crippen molar-refractivity contribution in [2.75, 3.05) is 0 Å². The lowest BCUT2D eigenvalue weighted by atomic mass is 10.1. The van der Waals surface area contributed by atoms with Crippen LogP contribution < -0.4 is 5.32 Å². The molecule has 0 saturated carbocycles. The molecule has 1 amide bonds. The lowest BCUT2D eigenvalue weighted by Crippen LogP contribution is -2.34. The van der Waals surface area contributed by atoms with Crippen molar-refractivity contribution in [3.8, 4) is 0 Å². The van der Waals surface area contributed by atoms with Crippen LogP contribution in [0, 0.1) is 0 Å². The van der Waals surface area contributed by atoms with Gasteiger partial charge in [-0.15, -0.1) is 0 Å². The van der Waals surface area contributed by atoms with E-state index >= 15 is 0 Å². The second-order valence-electron chi connectivity index (χ2n) is 4.43. The molecule has 1 aromatic carbocycles. The molecular formula is C15H15ClN2O. The van der Waals surface area contributed by atoms with Crippen molar-refractivity contribution in [3.63, 3.8) is 0 Å². The summed E-state index contributed by atoms with van der Waals surface area (Å²) in [6.45, 7) is 1.98. The molecule has 4 heteroatoms. The highest BCUT2D eigenvalue weighted by Crippen LogP contribution is 2.08. The van der Waals surface area contributed by atoms with Crippen LogP contribution in [0.15, 0.2) is 48.7 Å². The van der Waals surface area contributed by atoms with Crippen LogP contribution in [0.4, 0.5) is 0 Å². The zero-order valence-corrected chi connectivity index (χ0v) is 11.4. The number of pyridine rings is 1. The number of nitrogens with one attached hydrogen (secondary N) is 1. The molecule has 2 aromatic rings. The summed E-state index contributed by atoms with van der Waals surface area (Å²) in [5.41, 5.74) is 1.72. The van der Waals surface area contributed by atoms with Gasteiger partial charge < -0.3 is 5.32 Å². The van der Waals surface area contributed by atoms with Gasteiger partial charge in [0.2, 0.25) is 0 Å². The minimum Gasteiger partial charge on any atom is -0.349 e. The van der Waals surface area contributed by atoms with E-state index in [4.69, 9.17) is 11.6 Å². The van der Waals surface area contributed by atoms with Crippen LogP contribution in [0.1, 0.15) is 22.8 Å². The van der Waals surface area contributed by atoms with Gasteiger partial charge in [0.05, 0.1) is 0 Å². The van der Waals surface area contributed by atoms with Crippen molar-refractivity contribution in [2.24, 2.45) is 0 Å². The highest BCUT2D eigenvalue weighted by atomic mass is 35.5. The van der Waals surface area contributed by atoms with E-state index in [1.165, 1.54) is 11.8 Å². The maximum Gasteiger partial charge on any atom is 0.251 e. The van der Waals surface area contributed by atoms with Crippen LogP contribution in [0.3, 0.4) is 0 Å². The molecule has 98 valence electrons. The summed E-state index contributed by atoms with van der Waals surface area (Å²) in [5, 5.41) is 3.27. The number of aromatic nitrogens is 1. The van der Waals surface area contributed by atoms with Gasteiger partial charge in [-0.3, -0.25) is 4.79 Å². The molecule has 0 fully saturated rings. The van der Waals surface area contributed by atoms with E-state index in [1.807, 2.05) is 37.3 Å². The zero-order chi connectivity index (χ0) is 13.7. The number of halogens is 1.